The first-order valence-electron chi connectivity index (χ1n) is 7.60. The van der Waals surface area contributed by atoms with Gasteiger partial charge in [-0.25, -0.2) is 0 Å². The molecule has 1 fully saturated rings. The summed E-state index contributed by atoms with van der Waals surface area (Å²) < 4.78 is 7.24. The maximum absolute atomic E-state index is 5.29. The Morgan fingerprint density at radius 1 is 1.33 bits per heavy atom. The molecule has 2 aromatic rings. The fourth-order valence-electron chi connectivity index (χ4n) is 3.00. The maximum atomic E-state index is 5.29. The quantitative estimate of drug-likeness (QED) is 0.886. The molecule has 1 aromatic carbocycles. The molecule has 1 N–H and O–H groups in total. The van der Waals surface area contributed by atoms with E-state index >= 15 is 0 Å². The van der Waals surface area contributed by atoms with Crippen molar-refractivity contribution in [2.24, 2.45) is 7.05 Å². The highest BCUT2D eigenvalue weighted by atomic mass is 16.5. The zero-order valence-electron chi connectivity index (χ0n) is 12.7. The van der Waals surface area contributed by atoms with Crippen molar-refractivity contribution in [3.8, 4) is 5.75 Å². The van der Waals surface area contributed by atoms with Gasteiger partial charge >= 0.3 is 0 Å². The first-order valence-corrected chi connectivity index (χ1v) is 7.60. The molecule has 0 aliphatic heterocycles. The van der Waals surface area contributed by atoms with E-state index in [-0.39, 0.29) is 0 Å². The van der Waals surface area contributed by atoms with Crippen LogP contribution < -0.4 is 10.1 Å². The average molecular weight is 285 g/mol. The Hall–Kier alpha value is -1.81. The minimum absolute atomic E-state index is 0.648. The number of rotatable bonds is 6. The summed E-state index contributed by atoms with van der Waals surface area (Å²) in [6.45, 7) is 1.02. The molecule has 1 saturated carbocycles. The van der Waals surface area contributed by atoms with E-state index in [0.29, 0.717) is 12.0 Å². The van der Waals surface area contributed by atoms with E-state index in [0.717, 1.165) is 18.7 Å². The Morgan fingerprint density at radius 2 is 2.19 bits per heavy atom. The number of ether oxygens (including phenoxy) is 1. The summed E-state index contributed by atoms with van der Waals surface area (Å²) in [6, 6.07) is 11.2. The molecule has 0 bridgehead atoms. The molecule has 1 aliphatic carbocycles. The van der Waals surface area contributed by atoms with Crippen LogP contribution >= 0.6 is 0 Å². The van der Waals surface area contributed by atoms with Crippen LogP contribution in [0.15, 0.2) is 36.5 Å². The van der Waals surface area contributed by atoms with Gasteiger partial charge in [0.25, 0.3) is 0 Å². The Labute approximate surface area is 126 Å². The van der Waals surface area contributed by atoms with Crippen LogP contribution in [0.4, 0.5) is 0 Å². The van der Waals surface area contributed by atoms with Gasteiger partial charge in [0.1, 0.15) is 5.75 Å². The molecule has 0 atom stereocenters. The fourth-order valence-corrected chi connectivity index (χ4v) is 3.00. The molecule has 0 unspecified atom stereocenters. The lowest BCUT2D eigenvalue weighted by Crippen LogP contribution is -2.41. The predicted octanol–water partition coefficient (Wildman–Crippen LogP) is 2.51. The van der Waals surface area contributed by atoms with Crippen molar-refractivity contribution in [2.75, 3.05) is 13.7 Å². The molecule has 0 amide bonds. The minimum Gasteiger partial charge on any atom is -0.497 e. The number of hydrogen-bond acceptors (Lipinski definition) is 3. The van der Waals surface area contributed by atoms with Crippen molar-refractivity contribution in [3.63, 3.8) is 0 Å². The summed E-state index contributed by atoms with van der Waals surface area (Å²) in [7, 11) is 3.72. The highest BCUT2D eigenvalue weighted by Gasteiger charge is 2.29. The van der Waals surface area contributed by atoms with Gasteiger partial charge in [0.05, 0.1) is 7.11 Å². The normalized spacial score (nSPS) is 21.0. The van der Waals surface area contributed by atoms with Crippen molar-refractivity contribution in [3.05, 3.63) is 47.8 Å². The van der Waals surface area contributed by atoms with Crippen LogP contribution in [0.25, 0.3) is 0 Å². The van der Waals surface area contributed by atoms with Gasteiger partial charge in [-0.3, -0.25) is 4.68 Å². The molecule has 1 aliphatic rings. The Bertz CT molecular complexity index is 587. The largest absolute Gasteiger partial charge is 0.497 e. The molecular formula is C17H23N3O. The molecule has 4 heteroatoms. The lowest BCUT2D eigenvalue weighted by Gasteiger charge is -2.36. The molecule has 1 aromatic heterocycles. The highest BCUT2D eigenvalue weighted by molar-refractivity contribution is 5.32. The molecular weight excluding hydrogens is 262 g/mol. The van der Waals surface area contributed by atoms with Gasteiger partial charge in [-0.1, -0.05) is 12.1 Å². The van der Waals surface area contributed by atoms with Crippen LogP contribution in [0.1, 0.15) is 30.0 Å². The Balaban J connectivity index is 1.42. The molecule has 112 valence electrons. The molecule has 0 radical (unpaired) electrons. The van der Waals surface area contributed by atoms with E-state index in [9.17, 15) is 0 Å². The number of benzene rings is 1. The van der Waals surface area contributed by atoms with Gasteiger partial charge in [0.2, 0.25) is 0 Å². The van der Waals surface area contributed by atoms with E-state index in [1.54, 1.807) is 7.11 Å². The molecule has 4 nitrogen and oxygen atoms in total. The van der Waals surface area contributed by atoms with Crippen LogP contribution in [-0.2, 0) is 13.5 Å². The summed E-state index contributed by atoms with van der Waals surface area (Å²) in [5.41, 5.74) is 2.69. The third kappa shape index (κ3) is 3.27. The summed E-state index contributed by atoms with van der Waals surface area (Å²) in [4.78, 5) is 0. The minimum atomic E-state index is 0.648. The molecule has 0 spiro atoms. The molecule has 1 heterocycles. The summed E-state index contributed by atoms with van der Waals surface area (Å²) in [5, 5.41) is 7.83. The Morgan fingerprint density at radius 3 is 2.90 bits per heavy atom. The van der Waals surface area contributed by atoms with Gasteiger partial charge in [0.15, 0.2) is 0 Å². The van der Waals surface area contributed by atoms with Crippen LogP contribution in [0.5, 0.6) is 5.75 Å². The van der Waals surface area contributed by atoms with Crippen molar-refractivity contribution in [1.82, 2.24) is 15.1 Å². The number of hydrogen-bond donors (Lipinski definition) is 1. The predicted molar refractivity (Wildman–Crippen MR) is 83.7 cm³/mol. The molecule has 0 saturated heterocycles. The second-order valence-electron chi connectivity index (χ2n) is 5.79. The topological polar surface area (TPSA) is 39.1 Å². The maximum Gasteiger partial charge on any atom is 0.119 e. The number of methoxy groups -OCH3 is 1. The van der Waals surface area contributed by atoms with E-state index in [2.05, 4.69) is 34.7 Å². The van der Waals surface area contributed by atoms with Gasteiger partial charge < -0.3 is 10.1 Å². The van der Waals surface area contributed by atoms with E-state index in [1.807, 2.05) is 24.0 Å². The van der Waals surface area contributed by atoms with Gasteiger partial charge in [-0.15, -0.1) is 0 Å². The monoisotopic (exact) mass is 285 g/mol. The van der Waals surface area contributed by atoms with Gasteiger partial charge in [0, 0.05) is 37.9 Å². The SMILES string of the molecule is COc1cccc(C2CC(NCCc3ccnn3C)C2)c1. The van der Waals surface area contributed by atoms with E-state index in [4.69, 9.17) is 4.74 Å². The number of aromatic nitrogens is 2. The van der Waals surface area contributed by atoms with Gasteiger partial charge in [-0.2, -0.15) is 5.10 Å². The van der Waals surface area contributed by atoms with E-state index < -0.39 is 0 Å². The lowest BCUT2D eigenvalue weighted by atomic mass is 9.76. The smallest absolute Gasteiger partial charge is 0.119 e. The Kier molecular flexibility index (Phi) is 4.25. The van der Waals surface area contributed by atoms with Crippen molar-refractivity contribution in [2.45, 2.75) is 31.2 Å². The average Bonchev–Trinajstić information content (AvgIpc) is 2.87. The van der Waals surface area contributed by atoms with Gasteiger partial charge in [-0.05, 0) is 42.5 Å². The number of nitrogens with one attached hydrogen (secondary N) is 1. The third-order valence-electron chi connectivity index (χ3n) is 4.44. The summed E-state index contributed by atoms with van der Waals surface area (Å²) in [6.07, 6.45) is 5.34. The molecule has 21 heavy (non-hydrogen) atoms. The fraction of sp³-hybridized carbons (Fsp3) is 0.471. The van der Waals surface area contributed by atoms with Crippen LogP contribution in [0, 0.1) is 0 Å². The summed E-state index contributed by atoms with van der Waals surface area (Å²) in [5.74, 6) is 1.63. The second kappa shape index (κ2) is 6.31. The standard InChI is InChI=1S/C17H23N3O/c1-20-16(7-9-19-20)6-8-18-15-10-14(11-15)13-4-3-5-17(12-13)21-2/h3-5,7,9,12,14-15,18H,6,8,10-11H2,1-2H3. The van der Waals surface area contributed by atoms with Crippen LogP contribution in [0.3, 0.4) is 0 Å². The zero-order chi connectivity index (χ0) is 14.7. The lowest BCUT2D eigenvalue weighted by molar-refractivity contribution is 0.291. The summed E-state index contributed by atoms with van der Waals surface area (Å²) >= 11 is 0. The highest BCUT2D eigenvalue weighted by Crippen LogP contribution is 2.37. The third-order valence-corrected chi connectivity index (χ3v) is 4.44. The van der Waals surface area contributed by atoms with Crippen molar-refractivity contribution in [1.29, 1.82) is 0 Å². The first-order chi connectivity index (χ1) is 10.3. The number of nitrogens with zero attached hydrogens (tertiary/aromatic N) is 2. The first kappa shape index (κ1) is 14.1. The zero-order valence-corrected chi connectivity index (χ0v) is 12.7. The van der Waals surface area contributed by atoms with Crippen molar-refractivity contribution < 1.29 is 4.74 Å². The molecule has 3 rings (SSSR count). The van der Waals surface area contributed by atoms with Crippen LogP contribution in [0.2, 0.25) is 0 Å². The number of aryl methyl sites for hydroxylation is 1. The second-order valence-corrected chi connectivity index (χ2v) is 5.79. The van der Waals surface area contributed by atoms with Crippen molar-refractivity contribution >= 4 is 0 Å². The van der Waals surface area contributed by atoms with E-state index in [1.165, 1.54) is 24.1 Å². The van der Waals surface area contributed by atoms with Crippen LogP contribution in [-0.4, -0.2) is 29.5 Å².